The second-order valence-corrected chi connectivity index (χ2v) is 6.92. The van der Waals surface area contributed by atoms with Gasteiger partial charge in [0.15, 0.2) is 0 Å². The van der Waals surface area contributed by atoms with Gasteiger partial charge in [0.05, 0.1) is 19.8 Å². The molecule has 1 fully saturated rings. The summed E-state index contributed by atoms with van der Waals surface area (Å²) in [6.07, 6.45) is -6.93. The number of ether oxygens (including phenoxy) is 2. The molecule has 11 heteroatoms. The number of halogens is 3. The van der Waals surface area contributed by atoms with Crippen molar-refractivity contribution in [3.8, 4) is 0 Å². The summed E-state index contributed by atoms with van der Waals surface area (Å²) >= 11 is 0. The summed E-state index contributed by atoms with van der Waals surface area (Å²) in [6, 6.07) is 11.5. The van der Waals surface area contributed by atoms with Crippen LogP contribution in [-0.2, 0) is 16.0 Å². The Morgan fingerprint density at radius 3 is 2.33 bits per heavy atom. The molecule has 182 valence electrons. The fraction of sp³-hybridized carbons (Fsp3) is 0.455. The minimum absolute atomic E-state index is 0.206. The number of carbonyl (C=O) groups is 1. The van der Waals surface area contributed by atoms with Crippen LogP contribution in [0.25, 0.3) is 0 Å². The third-order valence-corrected chi connectivity index (χ3v) is 4.70. The normalized spacial score (nSPS) is 15.8. The maximum atomic E-state index is 13.1. The number of urea groups is 1. The maximum Gasteiger partial charge on any atom is 0.428 e. The number of nitrogens with zero attached hydrogens (tertiary/aromatic N) is 3. The average Bonchev–Trinajstić information content (AvgIpc) is 2.84. The van der Waals surface area contributed by atoms with Gasteiger partial charge in [0.25, 0.3) is 0 Å². The van der Waals surface area contributed by atoms with Crippen LogP contribution in [0.4, 0.5) is 23.8 Å². The molecule has 1 saturated heterocycles. The zero-order chi connectivity index (χ0) is 24.4. The number of hydrogen-bond donors (Lipinski definition) is 2. The lowest BCUT2D eigenvalue weighted by Crippen LogP contribution is -2.48. The van der Waals surface area contributed by atoms with E-state index in [0.717, 1.165) is 5.56 Å². The van der Waals surface area contributed by atoms with Crippen molar-refractivity contribution in [2.45, 2.75) is 39.0 Å². The zero-order valence-electron chi connectivity index (χ0n) is 18.7. The highest BCUT2D eigenvalue weighted by atomic mass is 19.4. The third-order valence-electron chi connectivity index (χ3n) is 4.70. The summed E-state index contributed by atoms with van der Waals surface area (Å²) in [5.74, 6) is 0.485. The molecule has 0 saturated carbocycles. The van der Waals surface area contributed by atoms with Crippen LogP contribution in [0.2, 0.25) is 0 Å². The quantitative estimate of drug-likeness (QED) is 0.628. The van der Waals surface area contributed by atoms with Crippen molar-refractivity contribution in [2.75, 3.05) is 31.2 Å². The molecule has 0 aliphatic carbocycles. The molecule has 3 rings (SSSR count). The van der Waals surface area contributed by atoms with Gasteiger partial charge in [-0.25, -0.2) is 9.78 Å². The van der Waals surface area contributed by atoms with Crippen LogP contribution in [0.15, 0.2) is 48.7 Å². The van der Waals surface area contributed by atoms with Gasteiger partial charge >= 0.3 is 12.2 Å². The van der Waals surface area contributed by atoms with E-state index in [1.54, 1.807) is 53.6 Å². The van der Waals surface area contributed by atoms with Gasteiger partial charge in [-0.2, -0.15) is 13.2 Å². The van der Waals surface area contributed by atoms with E-state index in [0.29, 0.717) is 37.7 Å². The molecular weight excluding hydrogens is 439 g/mol. The number of anilines is 1. The van der Waals surface area contributed by atoms with Crippen LogP contribution < -0.4 is 16.4 Å². The first-order valence-corrected chi connectivity index (χ1v) is 10.6. The fourth-order valence-electron chi connectivity index (χ4n) is 2.99. The lowest BCUT2D eigenvalue weighted by molar-refractivity contribution is -0.231. The van der Waals surface area contributed by atoms with E-state index in [2.05, 4.69) is 9.72 Å². The molecule has 33 heavy (non-hydrogen) atoms. The number of morpholine rings is 1. The van der Waals surface area contributed by atoms with Gasteiger partial charge in [0, 0.05) is 19.3 Å². The summed E-state index contributed by atoms with van der Waals surface area (Å²) in [7, 11) is 0. The van der Waals surface area contributed by atoms with Gasteiger partial charge in [-0.1, -0.05) is 44.2 Å². The number of aromatic nitrogens is 1. The first-order chi connectivity index (χ1) is 15.8. The number of nitrogens with two attached hydrogens (primary N) is 2. The van der Waals surface area contributed by atoms with Gasteiger partial charge in [0.1, 0.15) is 12.0 Å². The van der Waals surface area contributed by atoms with Crippen molar-refractivity contribution in [3.63, 3.8) is 0 Å². The third kappa shape index (κ3) is 7.67. The van der Waals surface area contributed by atoms with Crippen molar-refractivity contribution >= 4 is 11.8 Å². The Bertz CT molecular complexity index is 847. The van der Waals surface area contributed by atoms with Crippen molar-refractivity contribution in [1.29, 1.82) is 0 Å². The van der Waals surface area contributed by atoms with Crippen LogP contribution in [0.1, 0.15) is 31.2 Å². The summed E-state index contributed by atoms with van der Waals surface area (Å²) in [5, 5.41) is 0. The molecular formula is C22H30F3N5O3. The minimum Gasteiger partial charge on any atom is -0.378 e. The van der Waals surface area contributed by atoms with Gasteiger partial charge in [0.2, 0.25) is 6.23 Å². The molecule has 8 nitrogen and oxygen atoms in total. The summed E-state index contributed by atoms with van der Waals surface area (Å²) in [5.41, 5.74) is 11.7. The standard InChI is InChI=1S/C20H24F3N5O3.C2H6/c21-20(22,23)18(25)31-17(24)15-6-4-14(5-7-15)13-28(16-3-1-2-8-26-16)19(29)27-9-11-30-12-10-27;1-2/h1-8,17-18H,9-13,24-25H2;1-2H3. The second-order valence-electron chi connectivity index (χ2n) is 6.92. The van der Waals surface area contributed by atoms with Crippen LogP contribution in [0, 0.1) is 0 Å². The molecule has 1 aromatic carbocycles. The fourth-order valence-corrected chi connectivity index (χ4v) is 2.99. The van der Waals surface area contributed by atoms with E-state index >= 15 is 0 Å². The summed E-state index contributed by atoms with van der Waals surface area (Å²) < 4.78 is 47.6. The molecule has 2 amide bonds. The number of benzene rings is 1. The first-order valence-electron chi connectivity index (χ1n) is 10.6. The first kappa shape index (κ1) is 26.5. The topological polar surface area (TPSA) is 107 Å². The number of alkyl halides is 3. The summed E-state index contributed by atoms with van der Waals surface area (Å²) in [4.78, 5) is 20.6. The maximum absolute atomic E-state index is 13.1. The van der Waals surface area contributed by atoms with Gasteiger partial charge in [-0.3, -0.25) is 10.6 Å². The Balaban J connectivity index is 0.00000187. The SMILES string of the molecule is CC.NC(OC(N)C(F)(F)F)c1ccc(CN(C(=O)N2CCOCC2)c2ccccn2)cc1. The van der Waals surface area contributed by atoms with Crippen LogP contribution in [0.3, 0.4) is 0 Å². The van der Waals surface area contributed by atoms with Crippen molar-refractivity contribution in [1.82, 2.24) is 9.88 Å². The lowest BCUT2D eigenvalue weighted by atomic mass is 10.1. The highest BCUT2D eigenvalue weighted by Gasteiger charge is 2.39. The molecule has 1 aliphatic heterocycles. The molecule has 0 radical (unpaired) electrons. The Morgan fingerprint density at radius 2 is 1.79 bits per heavy atom. The van der Waals surface area contributed by atoms with Crippen LogP contribution in [-0.4, -0.2) is 54.6 Å². The lowest BCUT2D eigenvalue weighted by Gasteiger charge is -2.32. The smallest absolute Gasteiger partial charge is 0.378 e. The van der Waals surface area contributed by atoms with Gasteiger partial charge < -0.3 is 20.1 Å². The average molecular weight is 470 g/mol. The summed E-state index contributed by atoms with van der Waals surface area (Å²) in [6.45, 7) is 6.11. The molecule has 2 unspecified atom stereocenters. The van der Waals surface area contributed by atoms with E-state index in [1.165, 1.54) is 4.90 Å². The molecule has 1 aliphatic rings. The van der Waals surface area contributed by atoms with E-state index in [9.17, 15) is 18.0 Å². The highest BCUT2D eigenvalue weighted by Crippen LogP contribution is 2.24. The number of hydrogen-bond acceptors (Lipinski definition) is 6. The molecule has 0 spiro atoms. The number of pyridine rings is 1. The Labute approximate surface area is 191 Å². The largest absolute Gasteiger partial charge is 0.428 e. The molecule has 4 N–H and O–H groups in total. The number of carbonyl (C=O) groups excluding carboxylic acids is 1. The molecule has 0 bridgehead atoms. The predicted molar refractivity (Wildman–Crippen MR) is 118 cm³/mol. The van der Waals surface area contributed by atoms with Gasteiger partial charge in [-0.05, 0) is 23.3 Å². The Morgan fingerprint density at radius 1 is 1.15 bits per heavy atom. The van der Waals surface area contributed by atoms with Crippen molar-refractivity contribution < 1.29 is 27.4 Å². The van der Waals surface area contributed by atoms with Crippen molar-refractivity contribution in [2.24, 2.45) is 11.5 Å². The second kappa shape index (κ2) is 12.5. The Hall–Kier alpha value is -2.73. The number of rotatable bonds is 6. The minimum atomic E-state index is -4.71. The number of amides is 2. The van der Waals surface area contributed by atoms with E-state index < -0.39 is 18.6 Å². The monoisotopic (exact) mass is 469 g/mol. The molecule has 1 aromatic heterocycles. The van der Waals surface area contributed by atoms with Crippen LogP contribution in [0.5, 0.6) is 0 Å². The molecule has 2 aromatic rings. The zero-order valence-corrected chi connectivity index (χ0v) is 18.7. The highest BCUT2D eigenvalue weighted by molar-refractivity contribution is 5.91. The van der Waals surface area contributed by atoms with Crippen molar-refractivity contribution in [3.05, 3.63) is 59.8 Å². The van der Waals surface area contributed by atoms with E-state index in [1.807, 2.05) is 13.8 Å². The van der Waals surface area contributed by atoms with Crippen LogP contribution >= 0.6 is 0 Å². The van der Waals surface area contributed by atoms with Gasteiger partial charge in [-0.15, -0.1) is 0 Å². The molecule has 2 atom stereocenters. The van der Waals surface area contributed by atoms with E-state index in [4.69, 9.17) is 16.2 Å². The Kier molecular flexibility index (Phi) is 10.0. The molecule has 2 heterocycles. The predicted octanol–water partition coefficient (Wildman–Crippen LogP) is 3.39. The van der Waals surface area contributed by atoms with E-state index in [-0.39, 0.29) is 12.6 Å².